The number of pyridine rings is 1. The Labute approximate surface area is 135 Å². The molecule has 2 nitrogen and oxygen atoms in total. The zero-order valence-corrected chi connectivity index (χ0v) is 14.3. The summed E-state index contributed by atoms with van der Waals surface area (Å²) in [6, 6.07) is 6.23. The van der Waals surface area contributed by atoms with Gasteiger partial charge in [-0.2, -0.15) is 0 Å². The van der Waals surface area contributed by atoms with Crippen LogP contribution in [0.5, 0.6) is 0 Å². The Morgan fingerprint density at radius 3 is 2.53 bits per heavy atom. The van der Waals surface area contributed by atoms with E-state index in [1.165, 1.54) is 12.1 Å². The van der Waals surface area contributed by atoms with Crippen molar-refractivity contribution in [3.8, 4) is 0 Å². The van der Waals surface area contributed by atoms with Crippen molar-refractivity contribution < 1.29 is 9.50 Å². The predicted molar refractivity (Wildman–Crippen MR) is 82.4 cm³/mol. The third-order valence-electron chi connectivity index (χ3n) is 2.58. The molecule has 100 valence electrons. The zero-order valence-electron chi connectivity index (χ0n) is 9.58. The van der Waals surface area contributed by atoms with Crippen molar-refractivity contribution in [2.75, 3.05) is 0 Å². The first-order valence-corrected chi connectivity index (χ1v) is 7.78. The lowest BCUT2D eigenvalue weighted by molar-refractivity contribution is 0.172. The summed E-state index contributed by atoms with van der Waals surface area (Å²) in [5.41, 5.74) is 1.38. The first-order valence-electron chi connectivity index (χ1n) is 5.40. The largest absolute Gasteiger partial charge is 0.386 e. The van der Waals surface area contributed by atoms with E-state index in [1.807, 2.05) is 6.07 Å². The molecule has 0 spiro atoms. The molecule has 19 heavy (non-hydrogen) atoms. The van der Waals surface area contributed by atoms with Gasteiger partial charge in [0, 0.05) is 26.0 Å². The second kappa shape index (κ2) is 6.43. The summed E-state index contributed by atoms with van der Waals surface area (Å²) in [4.78, 5) is 4.19. The van der Waals surface area contributed by atoms with E-state index in [9.17, 15) is 9.50 Å². The lowest BCUT2D eigenvalue weighted by Gasteiger charge is -2.13. The first kappa shape index (κ1) is 15.1. The van der Waals surface area contributed by atoms with E-state index < -0.39 is 6.10 Å². The number of halogens is 4. The molecule has 1 N–H and O–H groups in total. The van der Waals surface area contributed by atoms with Gasteiger partial charge in [0.25, 0.3) is 0 Å². The number of aliphatic hydroxyl groups excluding tert-OH is 1. The van der Waals surface area contributed by atoms with Crippen LogP contribution < -0.4 is 0 Å². The first-order chi connectivity index (χ1) is 8.97. The molecule has 0 fully saturated rings. The van der Waals surface area contributed by atoms with E-state index in [1.54, 1.807) is 12.3 Å². The molecule has 0 bridgehead atoms. The summed E-state index contributed by atoms with van der Waals surface area (Å²) >= 11 is 9.96. The minimum atomic E-state index is -0.760. The number of hydrogen-bond donors (Lipinski definition) is 1. The average molecular weight is 454 g/mol. The Hall–Kier alpha value is -0.300. The minimum absolute atomic E-state index is 0.312. The number of rotatable bonds is 3. The fraction of sp³-hybridized carbons (Fsp3) is 0.154. The van der Waals surface area contributed by atoms with Crippen molar-refractivity contribution in [1.29, 1.82) is 0 Å². The molecule has 1 atom stereocenters. The zero-order chi connectivity index (χ0) is 14.0. The maximum atomic E-state index is 13.0. The molecule has 1 aromatic carbocycles. The second-order valence-electron chi connectivity index (χ2n) is 3.98. The molecule has 1 heterocycles. The topological polar surface area (TPSA) is 33.1 Å². The maximum absolute atomic E-state index is 13.0. The van der Waals surface area contributed by atoms with Crippen LogP contribution in [-0.2, 0) is 6.42 Å². The van der Waals surface area contributed by atoms with Crippen molar-refractivity contribution in [2.24, 2.45) is 0 Å². The Bertz CT molecular complexity index is 606. The molecule has 0 saturated carbocycles. The van der Waals surface area contributed by atoms with Crippen LogP contribution in [-0.4, -0.2) is 10.1 Å². The fourth-order valence-corrected chi connectivity index (χ4v) is 3.43. The van der Waals surface area contributed by atoms with Crippen LogP contribution in [0.4, 0.5) is 4.39 Å². The molecule has 0 aliphatic heterocycles. The van der Waals surface area contributed by atoms with Gasteiger partial charge in [0.15, 0.2) is 0 Å². The Kier molecular flexibility index (Phi) is 5.11. The van der Waals surface area contributed by atoms with E-state index in [-0.39, 0.29) is 5.82 Å². The quantitative estimate of drug-likeness (QED) is 0.725. The van der Waals surface area contributed by atoms with Crippen LogP contribution in [0, 0.1) is 5.82 Å². The van der Waals surface area contributed by atoms with Gasteiger partial charge in [0.05, 0.1) is 5.69 Å². The molecule has 0 aliphatic rings. The van der Waals surface area contributed by atoms with E-state index in [0.717, 1.165) is 14.5 Å². The van der Waals surface area contributed by atoms with Crippen LogP contribution >= 0.6 is 47.8 Å². The number of hydrogen-bond acceptors (Lipinski definition) is 2. The molecule has 0 aliphatic carbocycles. The molecule has 6 heteroatoms. The smallest absolute Gasteiger partial charge is 0.124 e. The molecule has 0 saturated heterocycles. The van der Waals surface area contributed by atoms with Gasteiger partial charge in [-0.05, 0) is 55.6 Å². The van der Waals surface area contributed by atoms with Gasteiger partial charge in [-0.3, -0.25) is 4.98 Å². The van der Waals surface area contributed by atoms with Gasteiger partial charge in [-0.1, -0.05) is 22.0 Å². The Morgan fingerprint density at radius 2 is 1.89 bits per heavy atom. The number of nitrogens with zero attached hydrogens (tertiary/aromatic N) is 1. The normalized spacial score (nSPS) is 12.5. The van der Waals surface area contributed by atoms with Crippen LogP contribution in [0.15, 0.2) is 43.9 Å². The highest BCUT2D eigenvalue weighted by Gasteiger charge is 2.15. The molecule has 1 aromatic heterocycles. The Morgan fingerprint density at radius 1 is 1.16 bits per heavy atom. The van der Waals surface area contributed by atoms with Crippen molar-refractivity contribution in [2.45, 2.75) is 12.5 Å². The molecule has 2 rings (SSSR count). The molecular weight excluding hydrogens is 445 g/mol. The average Bonchev–Trinajstić information content (AvgIpc) is 2.32. The van der Waals surface area contributed by atoms with Gasteiger partial charge in [-0.15, -0.1) is 0 Å². The number of aromatic nitrogens is 1. The highest BCUT2D eigenvalue weighted by atomic mass is 79.9. The highest BCUT2D eigenvalue weighted by molar-refractivity contribution is 9.11. The van der Waals surface area contributed by atoms with E-state index in [0.29, 0.717) is 16.6 Å². The monoisotopic (exact) mass is 451 g/mol. The van der Waals surface area contributed by atoms with Crippen molar-refractivity contribution in [3.05, 3.63) is 61.0 Å². The molecule has 0 amide bonds. The van der Waals surface area contributed by atoms with Crippen molar-refractivity contribution in [1.82, 2.24) is 4.98 Å². The number of aliphatic hydroxyl groups is 1. The standard InChI is InChI=1S/C13H9Br3FNO/c14-8-4-11(16)13(18-6-8)12(19)3-7-1-2-9(17)5-10(7)15/h1-2,4-6,12,19H,3H2. The lowest BCUT2D eigenvalue weighted by atomic mass is 10.1. The summed E-state index contributed by atoms with van der Waals surface area (Å²) < 4.78 is 15.2. The van der Waals surface area contributed by atoms with E-state index in [4.69, 9.17) is 0 Å². The van der Waals surface area contributed by atoms with Crippen LogP contribution in [0.3, 0.4) is 0 Å². The van der Waals surface area contributed by atoms with Gasteiger partial charge in [-0.25, -0.2) is 4.39 Å². The molecule has 0 radical (unpaired) electrons. The summed E-state index contributed by atoms with van der Waals surface area (Å²) in [7, 11) is 0. The second-order valence-corrected chi connectivity index (χ2v) is 6.60. The van der Waals surface area contributed by atoms with Crippen LogP contribution in [0.2, 0.25) is 0 Å². The van der Waals surface area contributed by atoms with Crippen LogP contribution in [0.25, 0.3) is 0 Å². The summed E-state index contributed by atoms with van der Waals surface area (Å²) in [5.74, 6) is -0.312. The predicted octanol–water partition coefficient (Wildman–Crippen LogP) is 4.78. The van der Waals surface area contributed by atoms with Crippen molar-refractivity contribution in [3.63, 3.8) is 0 Å². The molecular formula is C13H9Br3FNO. The van der Waals surface area contributed by atoms with Gasteiger partial charge in [0.2, 0.25) is 0 Å². The third-order valence-corrected chi connectivity index (χ3v) is 4.39. The van der Waals surface area contributed by atoms with Gasteiger partial charge < -0.3 is 5.11 Å². The number of benzene rings is 1. The summed E-state index contributed by atoms with van der Waals surface area (Å²) in [6.07, 6.45) is 1.22. The van der Waals surface area contributed by atoms with Gasteiger partial charge in [0.1, 0.15) is 11.9 Å². The third kappa shape index (κ3) is 3.84. The van der Waals surface area contributed by atoms with E-state index >= 15 is 0 Å². The summed E-state index contributed by atoms with van der Waals surface area (Å²) in [5, 5.41) is 10.2. The minimum Gasteiger partial charge on any atom is -0.386 e. The Balaban J connectivity index is 2.23. The fourth-order valence-electron chi connectivity index (χ4n) is 1.66. The molecule has 2 aromatic rings. The lowest BCUT2D eigenvalue weighted by Crippen LogP contribution is -2.06. The van der Waals surface area contributed by atoms with Gasteiger partial charge >= 0.3 is 0 Å². The SMILES string of the molecule is OC(Cc1ccc(F)cc1Br)c1ncc(Br)cc1Br. The summed E-state index contributed by atoms with van der Waals surface area (Å²) in [6.45, 7) is 0. The van der Waals surface area contributed by atoms with Crippen LogP contribution in [0.1, 0.15) is 17.4 Å². The van der Waals surface area contributed by atoms with Crippen molar-refractivity contribution >= 4 is 47.8 Å². The molecule has 1 unspecified atom stereocenters. The highest BCUT2D eigenvalue weighted by Crippen LogP contribution is 2.29. The maximum Gasteiger partial charge on any atom is 0.124 e. The van der Waals surface area contributed by atoms with E-state index in [2.05, 4.69) is 52.8 Å².